The van der Waals surface area contributed by atoms with Crippen LogP contribution in [0.5, 0.6) is 0 Å². The Morgan fingerprint density at radius 3 is 2.88 bits per heavy atom. The lowest BCUT2D eigenvalue weighted by molar-refractivity contribution is 0.584. The van der Waals surface area contributed by atoms with Crippen molar-refractivity contribution in [2.75, 3.05) is 31.1 Å². The summed E-state index contributed by atoms with van der Waals surface area (Å²) in [5.41, 5.74) is 0.781. The molecule has 0 saturated carbocycles. The Labute approximate surface area is 98.1 Å². The number of nitrogens with one attached hydrogen (secondary N) is 1. The van der Waals surface area contributed by atoms with Crippen LogP contribution in [0.15, 0.2) is 18.6 Å². The van der Waals surface area contributed by atoms with E-state index in [-0.39, 0.29) is 0 Å². The summed E-state index contributed by atoms with van der Waals surface area (Å²) in [6.45, 7) is 3.98. The highest BCUT2D eigenvalue weighted by Gasteiger charge is 2.12. The second kappa shape index (κ2) is 3.92. The molecule has 0 aromatic carbocycles. The van der Waals surface area contributed by atoms with E-state index in [1.165, 1.54) is 0 Å². The molecule has 0 unspecified atom stereocenters. The number of rotatable bonds is 1. The highest BCUT2D eigenvalue weighted by atomic mass is 35.5. The largest absolute Gasteiger partial charge is 0.353 e. The molecule has 0 atom stereocenters. The molecule has 84 valence electrons. The van der Waals surface area contributed by atoms with Crippen LogP contribution in [0.25, 0.3) is 5.65 Å². The van der Waals surface area contributed by atoms with Gasteiger partial charge < -0.3 is 14.6 Å². The molecule has 3 rings (SSSR count). The molecular weight excluding hydrogens is 226 g/mol. The van der Waals surface area contributed by atoms with Gasteiger partial charge in [-0.25, -0.2) is 9.97 Å². The molecule has 0 radical (unpaired) electrons. The third kappa shape index (κ3) is 1.72. The van der Waals surface area contributed by atoms with E-state index < -0.39 is 0 Å². The second-order valence-corrected chi connectivity index (χ2v) is 4.20. The van der Waals surface area contributed by atoms with Crippen molar-refractivity contribution in [2.45, 2.75) is 0 Å². The third-order valence-electron chi connectivity index (χ3n) is 2.74. The van der Waals surface area contributed by atoms with Crippen LogP contribution >= 0.6 is 11.6 Å². The number of nitrogens with zero attached hydrogens (tertiary/aromatic N) is 4. The van der Waals surface area contributed by atoms with Gasteiger partial charge in [0.1, 0.15) is 11.0 Å². The summed E-state index contributed by atoms with van der Waals surface area (Å²) in [7, 11) is 0. The Kier molecular flexibility index (Phi) is 2.41. The fraction of sp³-hybridized carbons (Fsp3) is 0.400. The maximum absolute atomic E-state index is 5.84. The summed E-state index contributed by atoms with van der Waals surface area (Å²) < 4.78 is 1.91. The molecule has 1 aliphatic heterocycles. The van der Waals surface area contributed by atoms with Gasteiger partial charge in [0.15, 0.2) is 5.65 Å². The van der Waals surface area contributed by atoms with Crippen molar-refractivity contribution in [1.29, 1.82) is 0 Å². The number of piperazine rings is 1. The molecule has 2 aromatic rings. The lowest BCUT2D eigenvalue weighted by Gasteiger charge is -2.28. The van der Waals surface area contributed by atoms with Gasteiger partial charge in [0, 0.05) is 32.4 Å². The Bertz CT molecular complexity index is 503. The summed E-state index contributed by atoms with van der Waals surface area (Å²) in [6.07, 6.45) is 5.52. The topological polar surface area (TPSA) is 45.5 Å². The Morgan fingerprint density at radius 1 is 1.25 bits per heavy atom. The van der Waals surface area contributed by atoms with Crippen molar-refractivity contribution in [3.8, 4) is 0 Å². The van der Waals surface area contributed by atoms with Crippen LogP contribution in [0.4, 0.5) is 5.82 Å². The molecule has 1 N–H and O–H groups in total. The molecular formula is C10H12ClN5. The molecule has 0 aliphatic carbocycles. The van der Waals surface area contributed by atoms with Crippen molar-refractivity contribution < 1.29 is 0 Å². The normalized spacial score (nSPS) is 16.9. The fourth-order valence-electron chi connectivity index (χ4n) is 1.91. The highest BCUT2D eigenvalue weighted by molar-refractivity contribution is 6.29. The smallest absolute Gasteiger partial charge is 0.157 e. The monoisotopic (exact) mass is 237 g/mol. The van der Waals surface area contributed by atoms with Crippen molar-refractivity contribution in [3.05, 3.63) is 23.7 Å². The molecule has 0 spiro atoms. The van der Waals surface area contributed by atoms with E-state index >= 15 is 0 Å². The molecule has 0 amide bonds. The van der Waals surface area contributed by atoms with Crippen LogP contribution in [0.2, 0.25) is 5.15 Å². The molecule has 1 fully saturated rings. The van der Waals surface area contributed by atoms with Crippen LogP contribution in [0.3, 0.4) is 0 Å². The Morgan fingerprint density at radius 2 is 2.06 bits per heavy atom. The lowest BCUT2D eigenvalue weighted by atomic mass is 10.3. The van der Waals surface area contributed by atoms with Crippen LogP contribution < -0.4 is 10.2 Å². The van der Waals surface area contributed by atoms with Gasteiger partial charge in [-0.05, 0) is 0 Å². The zero-order chi connectivity index (χ0) is 11.0. The van der Waals surface area contributed by atoms with Crippen LogP contribution in [-0.4, -0.2) is 40.5 Å². The number of imidazole rings is 1. The molecule has 1 saturated heterocycles. The van der Waals surface area contributed by atoms with Gasteiger partial charge in [0.05, 0.1) is 12.4 Å². The summed E-state index contributed by atoms with van der Waals surface area (Å²) in [5.74, 6) is 0.975. The van der Waals surface area contributed by atoms with E-state index in [1.807, 2.05) is 10.6 Å². The second-order valence-electron chi connectivity index (χ2n) is 3.81. The number of hydrogen-bond donors (Lipinski definition) is 1. The van der Waals surface area contributed by atoms with Gasteiger partial charge in [0.25, 0.3) is 0 Å². The molecule has 6 heteroatoms. The van der Waals surface area contributed by atoms with E-state index in [9.17, 15) is 0 Å². The van der Waals surface area contributed by atoms with Gasteiger partial charge in [-0.2, -0.15) is 0 Å². The van der Waals surface area contributed by atoms with E-state index in [0.717, 1.165) is 37.6 Å². The zero-order valence-electron chi connectivity index (χ0n) is 8.73. The number of anilines is 1. The van der Waals surface area contributed by atoms with Crippen molar-refractivity contribution in [1.82, 2.24) is 19.7 Å². The number of hydrogen-bond acceptors (Lipinski definition) is 4. The number of aromatic nitrogens is 3. The third-order valence-corrected chi connectivity index (χ3v) is 2.92. The Balaban J connectivity index is 1.97. The lowest BCUT2D eigenvalue weighted by Crippen LogP contribution is -2.43. The van der Waals surface area contributed by atoms with E-state index in [2.05, 4.69) is 20.2 Å². The first kappa shape index (κ1) is 9.86. The summed E-state index contributed by atoms with van der Waals surface area (Å²) in [4.78, 5) is 10.8. The number of fused-ring (bicyclic) bond motifs is 1. The van der Waals surface area contributed by atoms with Crippen molar-refractivity contribution in [2.24, 2.45) is 0 Å². The summed E-state index contributed by atoms with van der Waals surface area (Å²) >= 11 is 5.84. The quantitative estimate of drug-likeness (QED) is 0.797. The maximum Gasteiger partial charge on any atom is 0.157 e. The van der Waals surface area contributed by atoms with Crippen LogP contribution in [-0.2, 0) is 0 Å². The predicted molar refractivity (Wildman–Crippen MR) is 63.1 cm³/mol. The van der Waals surface area contributed by atoms with Crippen LogP contribution in [0.1, 0.15) is 0 Å². The minimum absolute atomic E-state index is 0.499. The highest BCUT2D eigenvalue weighted by Crippen LogP contribution is 2.15. The summed E-state index contributed by atoms with van der Waals surface area (Å²) in [6, 6.07) is 0. The average Bonchev–Trinajstić information content (AvgIpc) is 2.69. The molecule has 3 heterocycles. The molecule has 0 bridgehead atoms. The average molecular weight is 238 g/mol. The van der Waals surface area contributed by atoms with Gasteiger partial charge >= 0.3 is 0 Å². The summed E-state index contributed by atoms with van der Waals surface area (Å²) in [5, 5.41) is 3.82. The van der Waals surface area contributed by atoms with E-state index in [4.69, 9.17) is 11.6 Å². The van der Waals surface area contributed by atoms with E-state index in [0.29, 0.717) is 5.15 Å². The van der Waals surface area contributed by atoms with Crippen molar-refractivity contribution in [3.63, 3.8) is 0 Å². The molecule has 5 nitrogen and oxygen atoms in total. The predicted octanol–water partition coefficient (Wildman–Crippen LogP) is 0.792. The Hall–Kier alpha value is -1.33. The zero-order valence-corrected chi connectivity index (χ0v) is 9.48. The molecule has 16 heavy (non-hydrogen) atoms. The minimum atomic E-state index is 0.499. The minimum Gasteiger partial charge on any atom is -0.353 e. The van der Waals surface area contributed by atoms with E-state index in [1.54, 1.807) is 12.4 Å². The first-order valence-electron chi connectivity index (χ1n) is 5.29. The van der Waals surface area contributed by atoms with Gasteiger partial charge in [0.2, 0.25) is 0 Å². The van der Waals surface area contributed by atoms with Gasteiger partial charge in [-0.3, -0.25) is 0 Å². The SMILES string of the molecule is Clc1cn2cc(N3CCNCC3)ncc2n1. The molecule has 2 aromatic heterocycles. The van der Waals surface area contributed by atoms with Crippen LogP contribution in [0, 0.1) is 0 Å². The first-order chi connectivity index (χ1) is 7.83. The standard InChI is InChI=1S/C10H12ClN5/c11-8-6-16-7-10(13-5-9(16)14-8)15-3-1-12-2-4-15/h5-7,12H,1-4H2. The van der Waals surface area contributed by atoms with Gasteiger partial charge in [-0.1, -0.05) is 11.6 Å². The number of halogens is 1. The first-order valence-corrected chi connectivity index (χ1v) is 5.67. The molecule has 1 aliphatic rings. The van der Waals surface area contributed by atoms with Gasteiger partial charge in [-0.15, -0.1) is 0 Å². The van der Waals surface area contributed by atoms with Crippen molar-refractivity contribution >= 4 is 23.1 Å². The maximum atomic E-state index is 5.84. The fourth-order valence-corrected chi connectivity index (χ4v) is 2.11.